The number of fused-ring (bicyclic) bond motifs is 1. The standard InChI is InChI=1S/C13H7Cl3N2O2/c14-6-4-7(15)12(20)10(11(6)16)13-17-8-2-1-5(19)3-9(8)18-13/h1-4,19-20H,(H,17,18). The fourth-order valence-corrected chi connectivity index (χ4v) is 2.61. The van der Waals surface area contributed by atoms with Gasteiger partial charge in [-0.1, -0.05) is 34.8 Å². The lowest BCUT2D eigenvalue weighted by molar-refractivity contribution is 0.476. The van der Waals surface area contributed by atoms with E-state index in [1.807, 2.05) is 0 Å². The third-order valence-corrected chi connectivity index (χ3v) is 3.92. The first-order valence-electron chi connectivity index (χ1n) is 5.53. The smallest absolute Gasteiger partial charge is 0.146 e. The molecule has 0 spiro atoms. The van der Waals surface area contributed by atoms with E-state index in [-0.39, 0.29) is 32.1 Å². The van der Waals surface area contributed by atoms with Crippen LogP contribution in [0.4, 0.5) is 0 Å². The van der Waals surface area contributed by atoms with Crippen LogP contribution in [0.25, 0.3) is 22.4 Å². The van der Waals surface area contributed by atoms with E-state index < -0.39 is 0 Å². The lowest BCUT2D eigenvalue weighted by Gasteiger charge is -2.07. The molecule has 0 atom stereocenters. The summed E-state index contributed by atoms with van der Waals surface area (Å²) in [7, 11) is 0. The Morgan fingerprint density at radius 3 is 2.50 bits per heavy atom. The normalized spacial score (nSPS) is 11.2. The Kier molecular flexibility index (Phi) is 3.17. The van der Waals surface area contributed by atoms with Gasteiger partial charge in [0.05, 0.1) is 31.7 Å². The first-order chi connectivity index (χ1) is 9.47. The highest BCUT2D eigenvalue weighted by molar-refractivity contribution is 6.45. The van der Waals surface area contributed by atoms with Crippen molar-refractivity contribution >= 4 is 45.8 Å². The molecule has 3 rings (SSSR count). The maximum Gasteiger partial charge on any atom is 0.146 e. The summed E-state index contributed by atoms with van der Waals surface area (Å²) in [6, 6.07) is 6.03. The summed E-state index contributed by atoms with van der Waals surface area (Å²) in [5, 5.41) is 19.9. The molecule has 4 nitrogen and oxygen atoms in total. The largest absolute Gasteiger partial charge is 0.508 e. The molecule has 20 heavy (non-hydrogen) atoms. The molecule has 3 N–H and O–H groups in total. The van der Waals surface area contributed by atoms with Crippen molar-refractivity contribution in [2.75, 3.05) is 0 Å². The van der Waals surface area contributed by atoms with Gasteiger partial charge in [0, 0.05) is 6.07 Å². The van der Waals surface area contributed by atoms with Crippen LogP contribution in [0.5, 0.6) is 11.5 Å². The van der Waals surface area contributed by atoms with E-state index in [9.17, 15) is 10.2 Å². The lowest BCUT2D eigenvalue weighted by atomic mass is 10.2. The predicted molar refractivity (Wildman–Crippen MR) is 79.9 cm³/mol. The van der Waals surface area contributed by atoms with Crippen LogP contribution in [0, 0.1) is 0 Å². The van der Waals surface area contributed by atoms with Crippen LogP contribution in [0.1, 0.15) is 0 Å². The van der Waals surface area contributed by atoms with Crippen molar-refractivity contribution in [1.82, 2.24) is 9.97 Å². The van der Waals surface area contributed by atoms with Gasteiger partial charge >= 0.3 is 0 Å². The van der Waals surface area contributed by atoms with E-state index in [2.05, 4.69) is 9.97 Å². The summed E-state index contributed by atoms with van der Waals surface area (Å²) in [6.07, 6.45) is 0. The van der Waals surface area contributed by atoms with Crippen molar-refractivity contribution in [1.29, 1.82) is 0 Å². The van der Waals surface area contributed by atoms with Gasteiger partial charge < -0.3 is 15.2 Å². The molecule has 0 aliphatic heterocycles. The maximum atomic E-state index is 10.1. The van der Waals surface area contributed by atoms with Crippen molar-refractivity contribution in [2.24, 2.45) is 0 Å². The average Bonchev–Trinajstić information content (AvgIpc) is 2.79. The molecule has 0 saturated carbocycles. The van der Waals surface area contributed by atoms with E-state index in [1.165, 1.54) is 18.2 Å². The van der Waals surface area contributed by atoms with Gasteiger partial charge in [0.15, 0.2) is 0 Å². The molecule has 0 amide bonds. The Balaban J connectivity index is 2.30. The maximum absolute atomic E-state index is 10.1. The Morgan fingerprint density at radius 1 is 1.00 bits per heavy atom. The zero-order valence-corrected chi connectivity index (χ0v) is 12.1. The van der Waals surface area contributed by atoms with Gasteiger partial charge in [-0.15, -0.1) is 0 Å². The van der Waals surface area contributed by atoms with E-state index in [1.54, 1.807) is 6.07 Å². The summed E-state index contributed by atoms with van der Waals surface area (Å²) < 4.78 is 0. The van der Waals surface area contributed by atoms with Gasteiger partial charge in [0.2, 0.25) is 0 Å². The van der Waals surface area contributed by atoms with Gasteiger partial charge in [0.25, 0.3) is 0 Å². The van der Waals surface area contributed by atoms with Crippen molar-refractivity contribution in [3.8, 4) is 22.9 Å². The summed E-state index contributed by atoms with van der Waals surface area (Å²) in [6.45, 7) is 0. The highest BCUT2D eigenvalue weighted by Crippen LogP contribution is 2.44. The van der Waals surface area contributed by atoms with Crippen LogP contribution in [-0.2, 0) is 0 Å². The number of phenols is 2. The molecule has 0 unspecified atom stereocenters. The molecule has 2 aromatic carbocycles. The number of aromatic nitrogens is 2. The Labute approximate surface area is 128 Å². The van der Waals surface area contributed by atoms with Crippen molar-refractivity contribution in [2.45, 2.75) is 0 Å². The van der Waals surface area contributed by atoms with Crippen LogP contribution >= 0.6 is 34.8 Å². The number of benzene rings is 2. The number of phenolic OH excluding ortho intramolecular Hbond substituents is 2. The first-order valence-corrected chi connectivity index (χ1v) is 6.66. The zero-order chi connectivity index (χ0) is 14.4. The molecule has 0 radical (unpaired) electrons. The minimum atomic E-state index is -0.204. The van der Waals surface area contributed by atoms with Gasteiger partial charge in [-0.05, 0) is 18.2 Å². The topological polar surface area (TPSA) is 69.1 Å². The number of nitrogens with zero attached hydrogens (tertiary/aromatic N) is 1. The number of imidazole rings is 1. The number of aromatic amines is 1. The van der Waals surface area contributed by atoms with Crippen LogP contribution < -0.4 is 0 Å². The Morgan fingerprint density at radius 2 is 1.75 bits per heavy atom. The van der Waals surface area contributed by atoms with E-state index in [0.717, 1.165) is 0 Å². The lowest BCUT2D eigenvalue weighted by Crippen LogP contribution is -1.86. The van der Waals surface area contributed by atoms with Crippen molar-refractivity contribution in [3.05, 3.63) is 39.3 Å². The van der Waals surface area contributed by atoms with Crippen molar-refractivity contribution in [3.63, 3.8) is 0 Å². The minimum Gasteiger partial charge on any atom is -0.508 e. The molecule has 3 aromatic rings. The second kappa shape index (κ2) is 4.74. The number of hydrogen-bond donors (Lipinski definition) is 3. The predicted octanol–water partition coefficient (Wildman–Crippen LogP) is 4.60. The van der Waals surface area contributed by atoms with Gasteiger partial charge in [-0.2, -0.15) is 0 Å². The van der Waals surface area contributed by atoms with E-state index in [4.69, 9.17) is 34.8 Å². The summed E-state index contributed by atoms with van der Waals surface area (Å²) in [5.74, 6) is 0.217. The van der Waals surface area contributed by atoms with E-state index >= 15 is 0 Å². The number of nitrogens with one attached hydrogen (secondary N) is 1. The number of aromatic hydroxyl groups is 2. The zero-order valence-electron chi connectivity index (χ0n) is 9.78. The molecule has 0 aliphatic carbocycles. The third-order valence-electron chi connectivity index (χ3n) is 2.85. The fourth-order valence-electron chi connectivity index (χ4n) is 1.92. The first kappa shape index (κ1) is 13.4. The molecular weight excluding hydrogens is 323 g/mol. The molecule has 0 saturated heterocycles. The molecule has 1 heterocycles. The van der Waals surface area contributed by atoms with E-state index in [0.29, 0.717) is 16.9 Å². The van der Waals surface area contributed by atoms with Crippen molar-refractivity contribution < 1.29 is 10.2 Å². The molecule has 102 valence electrons. The molecule has 7 heteroatoms. The minimum absolute atomic E-state index is 0.0812. The van der Waals surface area contributed by atoms with Gasteiger partial charge in [-0.25, -0.2) is 4.98 Å². The number of H-pyrrole nitrogens is 1. The molecule has 0 bridgehead atoms. The summed E-state index contributed by atoms with van der Waals surface area (Å²) in [5.41, 5.74) is 1.44. The molecule has 0 aliphatic rings. The fraction of sp³-hybridized carbons (Fsp3) is 0. The number of halogens is 3. The summed E-state index contributed by atoms with van der Waals surface area (Å²) in [4.78, 5) is 7.26. The van der Waals surface area contributed by atoms with Gasteiger partial charge in [0.1, 0.15) is 17.3 Å². The van der Waals surface area contributed by atoms with Gasteiger partial charge in [-0.3, -0.25) is 0 Å². The van der Waals surface area contributed by atoms with Crippen LogP contribution in [-0.4, -0.2) is 20.2 Å². The monoisotopic (exact) mass is 328 g/mol. The van der Waals surface area contributed by atoms with Crippen LogP contribution in [0.3, 0.4) is 0 Å². The van der Waals surface area contributed by atoms with Crippen LogP contribution in [0.2, 0.25) is 15.1 Å². The second-order valence-electron chi connectivity index (χ2n) is 4.16. The number of rotatable bonds is 1. The SMILES string of the molecule is Oc1ccc2nc(-c3c(O)c(Cl)cc(Cl)c3Cl)[nH]c2c1. The molecule has 1 aromatic heterocycles. The third kappa shape index (κ3) is 2.06. The number of hydrogen-bond acceptors (Lipinski definition) is 3. The molecular formula is C13H7Cl3N2O2. The Bertz CT molecular complexity index is 804. The molecule has 0 fully saturated rings. The summed E-state index contributed by atoms with van der Waals surface area (Å²) >= 11 is 17.9. The average molecular weight is 330 g/mol. The highest BCUT2D eigenvalue weighted by atomic mass is 35.5. The quantitative estimate of drug-likeness (QED) is 0.571. The highest BCUT2D eigenvalue weighted by Gasteiger charge is 2.19. The van der Waals surface area contributed by atoms with Crippen LogP contribution in [0.15, 0.2) is 24.3 Å². The Hall–Kier alpha value is -1.62. The second-order valence-corrected chi connectivity index (χ2v) is 5.36.